The van der Waals surface area contributed by atoms with E-state index in [9.17, 15) is 13.2 Å². The number of aryl methyl sites for hydroxylation is 1. The van der Waals surface area contributed by atoms with E-state index in [1.54, 1.807) is 31.3 Å². The smallest absolute Gasteiger partial charge is 0.409 e. The molecule has 0 atom stereocenters. The van der Waals surface area contributed by atoms with Crippen LogP contribution in [0.2, 0.25) is 0 Å². The average molecular weight is 347 g/mol. The first kappa shape index (κ1) is 15.9. The lowest BCUT2D eigenvalue weighted by molar-refractivity contribution is 0.209. The second kappa shape index (κ2) is 5.57. The molecule has 9 nitrogen and oxygen atoms in total. The molecule has 2 aromatic heterocycles. The number of rotatable bonds is 3. The van der Waals surface area contributed by atoms with E-state index < -0.39 is 15.9 Å². The summed E-state index contributed by atoms with van der Waals surface area (Å²) >= 11 is 0. The zero-order valence-corrected chi connectivity index (χ0v) is 13.6. The fourth-order valence-electron chi connectivity index (χ4n) is 2.25. The Kier molecular flexibility index (Phi) is 3.68. The Balaban J connectivity index is 2.09. The number of hydrogen-bond donors (Lipinski definition) is 2. The number of carbonyl (C=O) groups is 1. The molecule has 3 aromatic rings. The molecule has 2 heterocycles. The minimum absolute atomic E-state index is 0.259. The minimum atomic E-state index is -3.51. The van der Waals surface area contributed by atoms with Crippen LogP contribution in [0.15, 0.2) is 35.6 Å². The molecule has 0 bridgehead atoms. The molecule has 2 N–H and O–H groups in total. The van der Waals surface area contributed by atoms with Crippen LogP contribution in [0.1, 0.15) is 0 Å². The van der Waals surface area contributed by atoms with Gasteiger partial charge in [-0.3, -0.25) is 5.32 Å². The minimum Gasteiger partial charge on any atom is -0.465 e. The molecule has 0 saturated carbocycles. The predicted molar refractivity (Wildman–Crippen MR) is 86.5 cm³/mol. The van der Waals surface area contributed by atoms with Gasteiger partial charge in [0.25, 0.3) is 0 Å². The van der Waals surface area contributed by atoms with Crippen LogP contribution in [0.25, 0.3) is 22.3 Å². The summed E-state index contributed by atoms with van der Waals surface area (Å²) in [7, 11) is -1.85. The molecule has 1 amide bonds. The van der Waals surface area contributed by atoms with E-state index in [1.165, 1.54) is 10.9 Å². The van der Waals surface area contributed by atoms with E-state index in [2.05, 4.69) is 20.4 Å². The third-order valence-electron chi connectivity index (χ3n) is 3.30. The van der Waals surface area contributed by atoms with Crippen LogP contribution in [-0.2, 0) is 16.9 Å². The van der Waals surface area contributed by atoms with Gasteiger partial charge in [-0.15, -0.1) is 0 Å². The first-order valence-corrected chi connectivity index (χ1v) is 8.65. The monoisotopic (exact) mass is 347 g/mol. The summed E-state index contributed by atoms with van der Waals surface area (Å²) in [6, 6.07) is 6.63. The molecular formula is C14H13N5O4S. The number of nitrogens with zero attached hydrogens (tertiary/aromatic N) is 4. The molecule has 10 heteroatoms. The summed E-state index contributed by atoms with van der Waals surface area (Å²) in [5, 5.41) is 15.6. The fourth-order valence-corrected chi connectivity index (χ4v) is 2.75. The lowest BCUT2D eigenvalue weighted by Gasteiger charge is -2.02. The number of benzene rings is 1. The highest BCUT2D eigenvalue weighted by Crippen LogP contribution is 2.27. The number of carboxylic acid groups (broad SMARTS) is 1. The van der Waals surface area contributed by atoms with Crippen LogP contribution >= 0.6 is 0 Å². The Morgan fingerprint density at radius 3 is 2.50 bits per heavy atom. The molecule has 0 aliphatic rings. The van der Waals surface area contributed by atoms with Gasteiger partial charge in [0, 0.05) is 30.8 Å². The van der Waals surface area contributed by atoms with Crippen molar-refractivity contribution in [1.82, 2.24) is 19.7 Å². The summed E-state index contributed by atoms with van der Waals surface area (Å²) in [4.78, 5) is 18.6. The van der Waals surface area contributed by atoms with Crippen molar-refractivity contribution < 1.29 is 18.3 Å². The molecule has 0 spiro atoms. The lowest BCUT2D eigenvalue weighted by Crippen LogP contribution is -2.06. The summed E-state index contributed by atoms with van der Waals surface area (Å²) in [6.07, 6.45) is 1.32. The van der Waals surface area contributed by atoms with Gasteiger partial charge in [-0.25, -0.2) is 22.9 Å². The molecule has 0 aliphatic carbocycles. The van der Waals surface area contributed by atoms with Gasteiger partial charge < -0.3 is 5.11 Å². The van der Waals surface area contributed by atoms with Gasteiger partial charge in [-0.05, 0) is 12.1 Å². The summed E-state index contributed by atoms with van der Waals surface area (Å²) in [5.41, 5.74) is 2.14. The second-order valence-corrected chi connectivity index (χ2v) is 7.05. The number of hydrogen-bond acceptors (Lipinski definition) is 6. The van der Waals surface area contributed by atoms with Gasteiger partial charge in [0.2, 0.25) is 15.0 Å². The molecule has 124 valence electrons. The standard InChI is InChI=1S/C14H13N5O4S/c1-19-12-10(7-15-13(17-12)24(2,22)23)11(18-19)8-3-5-9(6-4-8)16-14(20)21/h3-7,16H,1-2H3,(H,20,21). The van der Waals surface area contributed by atoms with E-state index >= 15 is 0 Å². The van der Waals surface area contributed by atoms with Crippen molar-refractivity contribution in [3.05, 3.63) is 30.5 Å². The highest BCUT2D eigenvalue weighted by molar-refractivity contribution is 7.90. The molecule has 24 heavy (non-hydrogen) atoms. The van der Waals surface area contributed by atoms with Crippen LogP contribution in [-0.4, -0.2) is 45.6 Å². The molecule has 0 fully saturated rings. The molecule has 1 aromatic carbocycles. The predicted octanol–water partition coefficient (Wildman–Crippen LogP) is 1.52. The SMILES string of the molecule is Cn1nc(-c2ccc(NC(=O)O)cc2)c2cnc(S(C)(=O)=O)nc21. The maximum absolute atomic E-state index is 11.6. The summed E-state index contributed by atoms with van der Waals surface area (Å²) in [5.74, 6) is 0. The molecule has 0 unspecified atom stereocenters. The van der Waals surface area contributed by atoms with E-state index in [0.29, 0.717) is 22.4 Å². The summed E-state index contributed by atoms with van der Waals surface area (Å²) < 4.78 is 24.6. The van der Waals surface area contributed by atoms with Crippen LogP contribution in [0.3, 0.4) is 0 Å². The van der Waals surface area contributed by atoms with E-state index in [1.807, 2.05) is 0 Å². The quantitative estimate of drug-likeness (QED) is 0.688. The molecule has 0 radical (unpaired) electrons. The van der Waals surface area contributed by atoms with Crippen LogP contribution in [0, 0.1) is 0 Å². The average Bonchev–Trinajstić information content (AvgIpc) is 2.83. The van der Waals surface area contributed by atoms with Gasteiger partial charge in [0.05, 0.1) is 5.39 Å². The third kappa shape index (κ3) is 2.91. The van der Waals surface area contributed by atoms with Gasteiger partial charge in [0.15, 0.2) is 5.65 Å². The highest BCUT2D eigenvalue weighted by atomic mass is 32.2. The number of anilines is 1. The van der Waals surface area contributed by atoms with Crippen LogP contribution in [0.4, 0.5) is 10.5 Å². The lowest BCUT2D eigenvalue weighted by atomic mass is 10.1. The highest BCUT2D eigenvalue weighted by Gasteiger charge is 2.17. The van der Waals surface area contributed by atoms with Gasteiger partial charge in [-0.1, -0.05) is 12.1 Å². The van der Waals surface area contributed by atoms with Crippen molar-refractivity contribution in [2.24, 2.45) is 7.05 Å². The van der Waals surface area contributed by atoms with E-state index in [0.717, 1.165) is 11.8 Å². The maximum atomic E-state index is 11.6. The topological polar surface area (TPSA) is 127 Å². The van der Waals surface area contributed by atoms with Crippen LogP contribution in [0.5, 0.6) is 0 Å². The number of fused-ring (bicyclic) bond motifs is 1. The van der Waals surface area contributed by atoms with Gasteiger partial charge in [0.1, 0.15) is 5.69 Å². The Bertz CT molecular complexity index is 1040. The van der Waals surface area contributed by atoms with E-state index in [-0.39, 0.29) is 5.16 Å². The van der Waals surface area contributed by atoms with Gasteiger partial charge in [-0.2, -0.15) is 10.1 Å². The van der Waals surface area contributed by atoms with Crippen molar-refractivity contribution in [2.45, 2.75) is 5.16 Å². The van der Waals surface area contributed by atoms with E-state index in [4.69, 9.17) is 5.11 Å². The Hall–Kier alpha value is -3.01. The zero-order valence-electron chi connectivity index (χ0n) is 12.8. The fraction of sp³-hybridized carbons (Fsp3) is 0.143. The normalized spacial score (nSPS) is 11.6. The molecule has 3 rings (SSSR count). The number of sulfone groups is 1. The van der Waals surface area contributed by atoms with Crippen molar-refractivity contribution in [3.8, 4) is 11.3 Å². The second-order valence-electron chi connectivity index (χ2n) is 5.14. The zero-order chi connectivity index (χ0) is 17.5. The third-order valence-corrected chi connectivity index (χ3v) is 4.16. The Morgan fingerprint density at radius 1 is 1.25 bits per heavy atom. The first-order valence-electron chi connectivity index (χ1n) is 6.76. The molecule has 0 aliphatic heterocycles. The van der Waals surface area contributed by atoms with Crippen molar-refractivity contribution in [2.75, 3.05) is 11.6 Å². The Morgan fingerprint density at radius 2 is 1.92 bits per heavy atom. The molecular weight excluding hydrogens is 334 g/mol. The number of aromatic nitrogens is 4. The van der Waals surface area contributed by atoms with Crippen molar-refractivity contribution >= 4 is 32.7 Å². The summed E-state index contributed by atoms with van der Waals surface area (Å²) in [6.45, 7) is 0. The number of nitrogens with one attached hydrogen (secondary N) is 1. The van der Waals surface area contributed by atoms with Crippen molar-refractivity contribution in [3.63, 3.8) is 0 Å². The van der Waals surface area contributed by atoms with Crippen molar-refractivity contribution in [1.29, 1.82) is 0 Å². The number of amides is 1. The molecule has 0 saturated heterocycles. The maximum Gasteiger partial charge on any atom is 0.409 e. The Labute approximate surface area is 136 Å². The largest absolute Gasteiger partial charge is 0.465 e. The van der Waals surface area contributed by atoms with Gasteiger partial charge >= 0.3 is 6.09 Å². The van der Waals surface area contributed by atoms with Crippen LogP contribution < -0.4 is 5.32 Å². The first-order chi connectivity index (χ1) is 11.3.